The van der Waals surface area contributed by atoms with Crippen molar-refractivity contribution in [2.45, 2.75) is 26.8 Å². The summed E-state index contributed by atoms with van der Waals surface area (Å²) in [6, 6.07) is 16.6. The zero-order valence-electron chi connectivity index (χ0n) is 17.7. The minimum absolute atomic E-state index is 0.0577. The molecule has 0 spiro atoms. The molecule has 0 bridgehead atoms. The molecule has 5 heteroatoms. The highest BCUT2D eigenvalue weighted by Gasteiger charge is 2.16. The van der Waals surface area contributed by atoms with Gasteiger partial charge in [-0.15, -0.1) is 0 Å². The first-order valence-corrected chi connectivity index (χ1v) is 10.6. The summed E-state index contributed by atoms with van der Waals surface area (Å²) in [7, 11) is 0. The number of aryl methyl sites for hydroxylation is 2. The van der Waals surface area contributed by atoms with Crippen LogP contribution in [0.25, 0.3) is 0 Å². The van der Waals surface area contributed by atoms with E-state index in [1.165, 1.54) is 11.1 Å². The highest BCUT2D eigenvalue weighted by molar-refractivity contribution is 5.77. The minimum atomic E-state index is -0.0577. The van der Waals surface area contributed by atoms with Crippen LogP contribution in [0.15, 0.2) is 48.5 Å². The van der Waals surface area contributed by atoms with Gasteiger partial charge >= 0.3 is 0 Å². The van der Waals surface area contributed by atoms with Crippen LogP contribution in [0.2, 0.25) is 0 Å². The first-order chi connectivity index (χ1) is 14.1. The molecule has 0 radical (unpaired) electrons. The maximum atomic E-state index is 12.0. The lowest BCUT2D eigenvalue weighted by Crippen LogP contribution is -2.46. The van der Waals surface area contributed by atoms with E-state index in [1.54, 1.807) is 0 Å². The quantitative estimate of drug-likeness (QED) is 0.663. The highest BCUT2D eigenvalue weighted by atomic mass is 16.5. The fourth-order valence-electron chi connectivity index (χ4n) is 3.70. The summed E-state index contributed by atoms with van der Waals surface area (Å²) in [6.45, 7) is 11.3. The largest absolute Gasteiger partial charge is 0.484 e. The van der Waals surface area contributed by atoms with Crippen molar-refractivity contribution in [3.8, 4) is 5.75 Å². The minimum Gasteiger partial charge on any atom is -0.484 e. The van der Waals surface area contributed by atoms with Gasteiger partial charge in [0.15, 0.2) is 6.61 Å². The van der Waals surface area contributed by atoms with Gasteiger partial charge in [-0.3, -0.25) is 9.69 Å². The monoisotopic (exact) mass is 395 g/mol. The Bertz CT molecular complexity index is 771. The molecule has 1 aliphatic heterocycles. The molecule has 5 nitrogen and oxygen atoms in total. The van der Waals surface area contributed by atoms with Crippen LogP contribution >= 0.6 is 0 Å². The van der Waals surface area contributed by atoms with E-state index in [9.17, 15) is 4.79 Å². The lowest BCUT2D eigenvalue weighted by Gasteiger charge is -2.34. The summed E-state index contributed by atoms with van der Waals surface area (Å²) in [5.74, 6) is 0.719. The number of carbonyl (C=O) groups is 1. The molecular weight excluding hydrogens is 362 g/mol. The number of hydrogen-bond donors (Lipinski definition) is 1. The average Bonchev–Trinajstić information content (AvgIpc) is 2.72. The second kappa shape index (κ2) is 11.0. The van der Waals surface area contributed by atoms with Crippen LogP contribution in [0.3, 0.4) is 0 Å². The molecule has 0 unspecified atom stereocenters. The standard InChI is InChI=1S/C24H33N3O2/c1-20-9-10-23(21(2)17-20)29-19-24(28)25-11-6-12-26-13-15-27(16-14-26)18-22-7-4-3-5-8-22/h3-5,7-10,17H,6,11-16,18-19H2,1-2H3,(H,25,28). The first kappa shape index (κ1) is 21.3. The van der Waals surface area contributed by atoms with Crippen LogP contribution in [0.5, 0.6) is 5.75 Å². The van der Waals surface area contributed by atoms with E-state index in [0.29, 0.717) is 6.54 Å². The molecule has 2 aromatic carbocycles. The van der Waals surface area contributed by atoms with E-state index in [4.69, 9.17) is 4.74 Å². The number of hydrogen-bond acceptors (Lipinski definition) is 4. The van der Waals surface area contributed by atoms with Gasteiger partial charge in [-0.1, -0.05) is 48.0 Å². The van der Waals surface area contributed by atoms with E-state index in [1.807, 2.05) is 26.0 Å². The van der Waals surface area contributed by atoms with Crippen LogP contribution in [-0.2, 0) is 11.3 Å². The SMILES string of the molecule is Cc1ccc(OCC(=O)NCCCN2CCN(Cc3ccccc3)CC2)c(C)c1. The smallest absolute Gasteiger partial charge is 0.257 e. The summed E-state index contributed by atoms with van der Waals surface area (Å²) in [5, 5.41) is 2.96. The zero-order chi connectivity index (χ0) is 20.5. The number of nitrogens with one attached hydrogen (secondary N) is 1. The Kier molecular flexibility index (Phi) is 8.08. The molecule has 0 saturated carbocycles. The van der Waals surface area contributed by atoms with Crippen molar-refractivity contribution in [2.75, 3.05) is 45.9 Å². The highest BCUT2D eigenvalue weighted by Crippen LogP contribution is 2.18. The van der Waals surface area contributed by atoms with Gasteiger partial charge in [-0.25, -0.2) is 0 Å². The number of carbonyl (C=O) groups excluding carboxylic acids is 1. The van der Waals surface area contributed by atoms with Crippen molar-refractivity contribution in [3.63, 3.8) is 0 Å². The normalized spacial score (nSPS) is 15.2. The number of nitrogens with zero attached hydrogens (tertiary/aromatic N) is 2. The Labute approximate surface area is 174 Å². The second-order valence-electron chi connectivity index (χ2n) is 7.86. The van der Waals surface area contributed by atoms with Crippen LogP contribution in [-0.4, -0.2) is 61.6 Å². The van der Waals surface area contributed by atoms with Gasteiger partial charge in [0, 0.05) is 39.3 Å². The maximum absolute atomic E-state index is 12.0. The van der Waals surface area contributed by atoms with E-state index in [2.05, 4.69) is 51.5 Å². The molecule has 1 amide bonds. The van der Waals surface area contributed by atoms with E-state index < -0.39 is 0 Å². The summed E-state index contributed by atoms with van der Waals surface area (Å²) < 4.78 is 5.63. The molecule has 0 aromatic heterocycles. The van der Waals surface area contributed by atoms with Gasteiger partial charge in [0.05, 0.1) is 0 Å². The molecule has 3 rings (SSSR count). The number of piperazine rings is 1. The topological polar surface area (TPSA) is 44.8 Å². The average molecular weight is 396 g/mol. The molecule has 156 valence electrons. The second-order valence-corrected chi connectivity index (χ2v) is 7.86. The van der Waals surface area contributed by atoms with Crippen molar-refractivity contribution >= 4 is 5.91 Å². The molecule has 29 heavy (non-hydrogen) atoms. The Morgan fingerprint density at radius 1 is 1.00 bits per heavy atom. The van der Waals surface area contributed by atoms with Gasteiger partial charge in [-0.2, -0.15) is 0 Å². The predicted molar refractivity (Wildman–Crippen MR) is 117 cm³/mol. The lowest BCUT2D eigenvalue weighted by atomic mass is 10.1. The van der Waals surface area contributed by atoms with Crippen molar-refractivity contribution < 1.29 is 9.53 Å². The number of amides is 1. The molecule has 0 aliphatic carbocycles. The Morgan fingerprint density at radius 2 is 1.72 bits per heavy atom. The summed E-state index contributed by atoms with van der Waals surface area (Å²) >= 11 is 0. The van der Waals surface area contributed by atoms with Crippen molar-refractivity contribution in [1.29, 1.82) is 0 Å². The summed E-state index contributed by atoms with van der Waals surface area (Å²) in [6.07, 6.45) is 0.966. The first-order valence-electron chi connectivity index (χ1n) is 10.6. The maximum Gasteiger partial charge on any atom is 0.257 e. The Hall–Kier alpha value is -2.37. The lowest BCUT2D eigenvalue weighted by molar-refractivity contribution is -0.123. The van der Waals surface area contributed by atoms with E-state index in [0.717, 1.165) is 57.0 Å². The summed E-state index contributed by atoms with van der Waals surface area (Å²) in [4.78, 5) is 17.0. The molecule has 1 saturated heterocycles. The van der Waals surface area contributed by atoms with Crippen molar-refractivity contribution in [2.24, 2.45) is 0 Å². The Morgan fingerprint density at radius 3 is 2.45 bits per heavy atom. The molecule has 2 aromatic rings. The molecule has 1 fully saturated rings. The van der Waals surface area contributed by atoms with Gasteiger partial charge in [0.2, 0.25) is 0 Å². The van der Waals surface area contributed by atoms with Crippen LogP contribution < -0.4 is 10.1 Å². The van der Waals surface area contributed by atoms with Crippen molar-refractivity contribution in [1.82, 2.24) is 15.1 Å². The van der Waals surface area contributed by atoms with Crippen molar-refractivity contribution in [3.05, 3.63) is 65.2 Å². The fraction of sp³-hybridized carbons (Fsp3) is 0.458. The van der Waals surface area contributed by atoms with Crippen LogP contribution in [0.1, 0.15) is 23.1 Å². The molecule has 1 N–H and O–H groups in total. The van der Waals surface area contributed by atoms with Gasteiger partial charge in [0.25, 0.3) is 5.91 Å². The molecular formula is C24H33N3O2. The number of rotatable bonds is 9. The van der Waals surface area contributed by atoms with Gasteiger partial charge in [-0.05, 0) is 44.0 Å². The third-order valence-electron chi connectivity index (χ3n) is 5.38. The van der Waals surface area contributed by atoms with Crippen LogP contribution in [0, 0.1) is 13.8 Å². The number of ether oxygens (including phenoxy) is 1. The van der Waals surface area contributed by atoms with Crippen LogP contribution in [0.4, 0.5) is 0 Å². The fourth-order valence-corrected chi connectivity index (χ4v) is 3.70. The number of benzene rings is 2. The molecule has 1 heterocycles. The zero-order valence-corrected chi connectivity index (χ0v) is 17.7. The molecule has 1 aliphatic rings. The van der Waals surface area contributed by atoms with Gasteiger partial charge < -0.3 is 15.0 Å². The van der Waals surface area contributed by atoms with E-state index in [-0.39, 0.29) is 12.5 Å². The summed E-state index contributed by atoms with van der Waals surface area (Å²) in [5.41, 5.74) is 3.64. The molecule has 0 atom stereocenters. The Balaban J connectivity index is 1.26. The third-order valence-corrected chi connectivity index (χ3v) is 5.38. The van der Waals surface area contributed by atoms with Gasteiger partial charge in [0.1, 0.15) is 5.75 Å². The van der Waals surface area contributed by atoms with E-state index >= 15 is 0 Å². The third kappa shape index (κ3) is 7.18. The predicted octanol–water partition coefficient (Wildman–Crippen LogP) is 3.01.